The molecular weight excluding hydrogens is 370 g/mol. The number of aromatic nitrogens is 1. The first kappa shape index (κ1) is 18.1. The van der Waals surface area contributed by atoms with Gasteiger partial charge in [-0.25, -0.2) is 4.98 Å². The molecule has 0 bridgehead atoms. The molecule has 1 N–H and O–H groups in total. The predicted molar refractivity (Wildman–Crippen MR) is 115 cm³/mol. The zero-order valence-electron chi connectivity index (χ0n) is 15.8. The van der Waals surface area contributed by atoms with E-state index in [0.717, 1.165) is 27.4 Å². The number of thiazole rings is 1. The van der Waals surface area contributed by atoms with Gasteiger partial charge in [-0.3, -0.25) is 10.2 Å². The molecule has 0 atom stereocenters. The predicted octanol–water partition coefficient (Wildman–Crippen LogP) is 4.62. The maximum Gasteiger partial charge on any atom is 0.303 e. The number of anilines is 2. The number of carbonyl (C=O) groups is 1. The molecule has 2 heterocycles. The molecule has 2 aromatic carbocycles. The number of hydrazone groups is 2. The fraction of sp³-hybridized carbons (Fsp3) is 0.143. The highest BCUT2D eigenvalue weighted by molar-refractivity contribution is 7.16. The van der Waals surface area contributed by atoms with E-state index in [2.05, 4.69) is 20.6 Å². The van der Waals surface area contributed by atoms with Crippen molar-refractivity contribution in [2.24, 2.45) is 10.2 Å². The van der Waals surface area contributed by atoms with Crippen LogP contribution >= 0.6 is 11.3 Å². The molecule has 1 amide bonds. The first-order valence-electron chi connectivity index (χ1n) is 8.86. The third kappa shape index (κ3) is 3.44. The molecule has 7 heteroatoms. The van der Waals surface area contributed by atoms with Crippen molar-refractivity contribution < 1.29 is 4.79 Å². The average molecular weight is 389 g/mol. The first-order valence-corrected chi connectivity index (χ1v) is 9.68. The normalized spacial score (nSPS) is 15.2. The lowest BCUT2D eigenvalue weighted by Gasteiger charge is -2.06. The Labute approximate surface area is 167 Å². The molecule has 0 aliphatic carbocycles. The SMILES string of the molecule is CC1=NN(c2nc(-c3ccccc3)c(C)s2)C(=O)/C1=N/Nc1ccc(C)cc1. The summed E-state index contributed by atoms with van der Waals surface area (Å²) in [6, 6.07) is 17.7. The topological polar surface area (TPSA) is 70.0 Å². The van der Waals surface area contributed by atoms with Crippen molar-refractivity contribution in [3.8, 4) is 11.3 Å². The molecule has 0 fully saturated rings. The lowest BCUT2D eigenvalue weighted by Crippen LogP contribution is -2.27. The number of benzene rings is 2. The van der Waals surface area contributed by atoms with Crippen molar-refractivity contribution in [1.29, 1.82) is 0 Å². The third-order valence-electron chi connectivity index (χ3n) is 4.35. The number of aryl methyl sites for hydroxylation is 2. The fourth-order valence-corrected chi connectivity index (χ4v) is 3.72. The van der Waals surface area contributed by atoms with Gasteiger partial charge in [0.1, 0.15) is 0 Å². The largest absolute Gasteiger partial charge is 0.303 e. The number of nitrogens with one attached hydrogen (secondary N) is 1. The Hall–Kier alpha value is -3.32. The van der Waals surface area contributed by atoms with Crippen molar-refractivity contribution in [3.05, 3.63) is 65.0 Å². The summed E-state index contributed by atoms with van der Waals surface area (Å²) in [7, 11) is 0. The van der Waals surface area contributed by atoms with Gasteiger partial charge in [0, 0.05) is 10.4 Å². The van der Waals surface area contributed by atoms with Gasteiger partial charge in [-0.15, -0.1) is 0 Å². The minimum absolute atomic E-state index is 0.287. The molecule has 3 aromatic rings. The number of rotatable bonds is 4. The monoisotopic (exact) mass is 389 g/mol. The van der Waals surface area contributed by atoms with Crippen LogP contribution in [0, 0.1) is 13.8 Å². The summed E-state index contributed by atoms with van der Waals surface area (Å²) in [5, 5.41) is 10.5. The van der Waals surface area contributed by atoms with E-state index in [1.807, 2.05) is 68.4 Å². The van der Waals surface area contributed by atoms with Crippen molar-refractivity contribution >= 4 is 39.5 Å². The molecule has 6 nitrogen and oxygen atoms in total. The fourth-order valence-electron chi connectivity index (χ4n) is 2.84. The Morgan fingerprint density at radius 3 is 2.43 bits per heavy atom. The van der Waals surface area contributed by atoms with Crippen LogP contribution < -0.4 is 10.4 Å². The highest BCUT2D eigenvalue weighted by Gasteiger charge is 2.33. The van der Waals surface area contributed by atoms with Crippen LogP contribution in [0.5, 0.6) is 0 Å². The molecule has 1 aliphatic heterocycles. The summed E-state index contributed by atoms with van der Waals surface area (Å²) >= 11 is 1.44. The minimum atomic E-state index is -0.287. The lowest BCUT2D eigenvalue weighted by atomic mass is 10.1. The Kier molecular flexibility index (Phi) is 4.75. The number of nitrogens with zero attached hydrogens (tertiary/aromatic N) is 4. The molecule has 0 saturated heterocycles. The van der Waals surface area contributed by atoms with Gasteiger partial charge in [0.2, 0.25) is 5.13 Å². The van der Waals surface area contributed by atoms with Gasteiger partial charge < -0.3 is 0 Å². The van der Waals surface area contributed by atoms with Crippen LogP contribution in [0.2, 0.25) is 0 Å². The van der Waals surface area contributed by atoms with Gasteiger partial charge in [-0.05, 0) is 32.9 Å². The standard InChI is InChI=1S/C21H19N5OS/c1-13-9-11-17(12-10-13)23-24-18-14(2)25-26(20(18)27)21-22-19(15(3)28-21)16-7-5-4-6-8-16/h4-12,23H,1-3H3/b24-18+. The summed E-state index contributed by atoms with van der Waals surface area (Å²) in [5.41, 5.74) is 7.63. The van der Waals surface area contributed by atoms with Gasteiger partial charge in [-0.1, -0.05) is 59.4 Å². The summed E-state index contributed by atoms with van der Waals surface area (Å²) in [4.78, 5) is 18.5. The Morgan fingerprint density at radius 2 is 1.71 bits per heavy atom. The van der Waals surface area contributed by atoms with Crippen molar-refractivity contribution in [1.82, 2.24) is 4.98 Å². The molecule has 0 radical (unpaired) electrons. The molecule has 1 aliphatic rings. The lowest BCUT2D eigenvalue weighted by molar-refractivity contribution is -0.112. The number of hydrogen-bond donors (Lipinski definition) is 1. The van der Waals surface area contributed by atoms with Crippen molar-refractivity contribution in [2.45, 2.75) is 20.8 Å². The number of carbonyl (C=O) groups excluding carboxylic acids is 1. The third-order valence-corrected chi connectivity index (χ3v) is 5.30. The van der Waals surface area contributed by atoms with E-state index < -0.39 is 0 Å². The quantitative estimate of drug-likeness (QED) is 0.662. The van der Waals surface area contributed by atoms with Crippen LogP contribution in [-0.2, 0) is 4.79 Å². The highest BCUT2D eigenvalue weighted by atomic mass is 32.1. The van der Waals surface area contributed by atoms with Gasteiger partial charge in [-0.2, -0.15) is 15.2 Å². The molecule has 0 unspecified atom stereocenters. The minimum Gasteiger partial charge on any atom is -0.278 e. The summed E-state index contributed by atoms with van der Waals surface area (Å²) in [6.07, 6.45) is 0. The van der Waals surface area contributed by atoms with E-state index in [0.29, 0.717) is 10.8 Å². The second kappa shape index (κ2) is 7.36. The molecule has 1 aromatic heterocycles. The number of amides is 1. The maximum atomic E-state index is 12.9. The molecule has 0 spiro atoms. The smallest absolute Gasteiger partial charge is 0.278 e. The molecule has 140 valence electrons. The Bertz CT molecular complexity index is 1080. The van der Waals surface area contributed by atoms with Crippen LogP contribution in [0.15, 0.2) is 64.8 Å². The van der Waals surface area contributed by atoms with E-state index >= 15 is 0 Å². The Morgan fingerprint density at radius 1 is 1.00 bits per heavy atom. The van der Waals surface area contributed by atoms with E-state index in [-0.39, 0.29) is 11.6 Å². The number of hydrogen-bond acceptors (Lipinski definition) is 6. The average Bonchev–Trinajstić information content (AvgIpc) is 3.22. The van der Waals surface area contributed by atoms with E-state index in [4.69, 9.17) is 0 Å². The van der Waals surface area contributed by atoms with Crippen molar-refractivity contribution in [3.63, 3.8) is 0 Å². The summed E-state index contributed by atoms with van der Waals surface area (Å²) in [6.45, 7) is 5.78. The van der Waals surface area contributed by atoms with Gasteiger partial charge in [0.15, 0.2) is 5.71 Å². The zero-order chi connectivity index (χ0) is 19.7. The van der Waals surface area contributed by atoms with E-state index in [1.165, 1.54) is 16.3 Å². The van der Waals surface area contributed by atoms with Crippen LogP contribution in [0.25, 0.3) is 11.3 Å². The molecule has 28 heavy (non-hydrogen) atoms. The molecule has 4 rings (SSSR count). The summed E-state index contributed by atoms with van der Waals surface area (Å²) < 4.78 is 0. The van der Waals surface area contributed by atoms with Gasteiger partial charge >= 0.3 is 5.91 Å². The Balaban J connectivity index is 1.58. The molecular formula is C21H19N5OS. The van der Waals surface area contributed by atoms with Gasteiger partial charge in [0.25, 0.3) is 0 Å². The highest BCUT2D eigenvalue weighted by Crippen LogP contribution is 2.33. The molecule has 0 saturated carbocycles. The van der Waals surface area contributed by atoms with Crippen molar-refractivity contribution in [2.75, 3.05) is 10.4 Å². The van der Waals surface area contributed by atoms with Crippen LogP contribution in [0.3, 0.4) is 0 Å². The second-order valence-corrected chi connectivity index (χ2v) is 7.69. The maximum absolute atomic E-state index is 12.9. The second-order valence-electron chi connectivity index (χ2n) is 6.51. The summed E-state index contributed by atoms with van der Waals surface area (Å²) in [5.74, 6) is -0.287. The first-order chi connectivity index (χ1) is 13.5. The van der Waals surface area contributed by atoms with Crippen LogP contribution in [-0.4, -0.2) is 22.3 Å². The van der Waals surface area contributed by atoms with E-state index in [1.54, 1.807) is 6.92 Å². The van der Waals surface area contributed by atoms with Crippen LogP contribution in [0.1, 0.15) is 17.4 Å². The van der Waals surface area contributed by atoms with Gasteiger partial charge in [0.05, 0.1) is 17.1 Å². The zero-order valence-corrected chi connectivity index (χ0v) is 16.6. The van der Waals surface area contributed by atoms with E-state index in [9.17, 15) is 4.79 Å². The van der Waals surface area contributed by atoms with Crippen LogP contribution in [0.4, 0.5) is 10.8 Å².